The average molecular weight is 192 g/mol. The predicted octanol–water partition coefficient (Wildman–Crippen LogP) is 2.14. The minimum Gasteiger partial charge on any atom is -0.292 e. The summed E-state index contributed by atoms with van der Waals surface area (Å²) < 4.78 is 1.72. The summed E-state index contributed by atoms with van der Waals surface area (Å²) in [4.78, 5) is 11.9. The molecular formula is C11H16N2O. The number of ketones is 1. The third-order valence-electron chi connectivity index (χ3n) is 2.74. The van der Waals surface area contributed by atoms with Gasteiger partial charge in [0.25, 0.3) is 0 Å². The maximum atomic E-state index is 11.9. The van der Waals surface area contributed by atoms with Crippen LogP contribution in [0.25, 0.3) is 0 Å². The highest BCUT2D eigenvalue weighted by Crippen LogP contribution is 2.41. The van der Waals surface area contributed by atoms with E-state index in [2.05, 4.69) is 5.10 Å². The first kappa shape index (κ1) is 9.44. The fourth-order valence-corrected chi connectivity index (χ4v) is 1.72. The lowest BCUT2D eigenvalue weighted by Gasteiger charge is -2.06. The van der Waals surface area contributed by atoms with Crippen LogP contribution in [0.2, 0.25) is 0 Å². The molecule has 0 N–H and O–H groups in total. The highest BCUT2D eigenvalue weighted by molar-refractivity contribution is 5.97. The number of aryl methyl sites for hydroxylation is 1. The van der Waals surface area contributed by atoms with Crippen LogP contribution in [-0.4, -0.2) is 15.6 Å². The Balaban J connectivity index is 2.38. The van der Waals surface area contributed by atoms with E-state index in [4.69, 9.17) is 0 Å². The van der Waals surface area contributed by atoms with E-state index in [0.717, 1.165) is 11.3 Å². The molecule has 0 atom stereocenters. The maximum Gasteiger partial charge on any atom is 0.183 e. The van der Waals surface area contributed by atoms with Crippen LogP contribution in [0.3, 0.4) is 0 Å². The van der Waals surface area contributed by atoms with Crippen molar-refractivity contribution < 1.29 is 4.79 Å². The van der Waals surface area contributed by atoms with E-state index >= 15 is 0 Å². The van der Waals surface area contributed by atoms with Gasteiger partial charge in [-0.1, -0.05) is 13.8 Å². The molecule has 76 valence electrons. The van der Waals surface area contributed by atoms with Gasteiger partial charge in [-0.15, -0.1) is 0 Å². The van der Waals surface area contributed by atoms with Crippen molar-refractivity contribution in [3.8, 4) is 0 Å². The Morgan fingerprint density at radius 2 is 2.21 bits per heavy atom. The van der Waals surface area contributed by atoms with Crippen molar-refractivity contribution in [1.29, 1.82) is 0 Å². The smallest absolute Gasteiger partial charge is 0.183 e. The van der Waals surface area contributed by atoms with Gasteiger partial charge in [0.15, 0.2) is 5.78 Å². The molecule has 3 heteroatoms. The lowest BCUT2D eigenvalue weighted by molar-refractivity contribution is 0.0929. The van der Waals surface area contributed by atoms with E-state index in [1.165, 1.54) is 12.8 Å². The van der Waals surface area contributed by atoms with E-state index in [9.17, 15) is 4.79 Å². The highest BCUT2D eigenvalue weighted by Gasteiger charge is 2.31. The van der Waals surface area contributed by atoms with Crippen LogP contribution in [-0.2, 0) is 7.05 Å². The molecule has 0 radical (unpaired) electrons. The number of hydrogen-bond donors (Lipinski definition) is 0. The van der Waals surface area contributed by atoms with Gasteiger partial charge in [0.1, 0.15) is 5.69 Å². The molecule has 1 aliphatic rings. The summed E-state index contributed by atoms with van der Waals surface area (Å²) in [5.41, 5.74) is 1.98. The molecular weight excluding hydrogens is 176 g/mol. The Morgan fingerprint density at radius 1 is 1.57 bits per heavy atom. The van der Waals surface area contributed by atoms with Gasteiger partial charge >= 0.3 is 0 Å². The van der Waals surface area contributed by atoms with Gasteiger partial charge in [-0.25, -0.2) is 0 Å². The fraction of sp³-hybridized carbons (Fsp3) is 0.636. The lowest BCUT2D eigenvalue weighted by atomic mass is 10.0. The van der Waals surface area contributed by atoms with Crippen LogP contribution in [0.1, 0.15) is 48.7 Å². The fourth-order valence-electron chi connectivity index (χ4n) is 1.72. The summed E-state index contributed by atoms with van der Waals surface area (Å²) in [7, 11) is 1.85. The SMILES string of the molecule is CC(C)C(=O)c1c(C2CC2)cnn1C. The number of aromatic nitrogens is 2. The summed E-state index contributed by atoms with van der Waals surface area (Å²) in [5, 5.41) is 4.18. The molecule has 0 aliphatic heterocycles. The maximum absolute atomic E-state index is 11.9. The molecule has 0 unspecified atom stereocenters. The van der Waals surface area contributed by atoms with E-state index in [-0.39, 0.29) is 11.7 Å². The van der Waals surface area contributed by atoms with Crippen LogP contribution in [0.15, 0.2) is 6.20 Å². The zero-order chi connectivity index (χ0) is 10.3. The molecule has 1 aromatic heterocycles. The number of carbonyl (C=O) groups is 1. The van der Waals surface area contributed by atoms with Gasteiger partial charge in [0.05, 0.1) is 6.20 Å². The first-order chi connectivity index (χ1) is 6.61. The number of carbonyl (C=O) groups excluding carboxylic acids is 1. The molecule has 1 fully saturated rings. The lowest BCUT2D eigenvalue weighted by Crippen LogP contribution is -2.14. The van der Waals surface area contributed by atoms with Crippen LogP contribution in [0.5, 0.6) is 0 Å². The summed E-state index contributed by atoms with van der Waals surface area (Å²) in [6.45, 7) is 3.87. The standard InChI is InChI=1S/C11H16N2O/c1-7(2)11(14)10-9(8-4-5-8)6-12-13(10)3/h6-8H,4-5H2,1-3H3. The Kier molecular flexibility index (Phi) is 2.17. The largest absolute Gasteiger partial charge is 0.292 e. The molecule has 3 nitrogen and oxygen atoms in total. The Morgan fingerprint density at radius 3 is 2.71 bits per heavy atom. The van der Waals surface area contributed by atoms with Crippen molar-refractivity contribution >= 4 is 5.78 Å². The molecule has 0 aromatic carbocycles. The average Bonchev–Trinajstić information content (AvgIpc) is 2.89. The molecule has 0 spiro atoms. The van der Waals surface area contributed by atoms with Crippen LogP contribution >= 0.6 is 0 Å². The molecule has 0 bridgehead atoms. The van der Waals surface area contributed by atoms with Gasteiger partial charge in [-0.3, -0.25) is 9.48 Å². The summed E-state index contributed by atoms with van der Waals surface area (Å²) in [6, 6.07) is 0. The quantitative estimate of drug-likeness (QED) is 0.688. The number of Topliss-reactive ketones (excluding diaryl/α,β-unsaturated/α-hetero) is 1. The van der Waals surface area contributed by atoms with E-state index < -0.39 is 0 Å². The first-order valence-electron chi connectivity index (χ1n) is 5.17. The van der Waals surface area contributed by atoms with Crippen LogP contribution in [0.4, 0.5) is 0 Å². The highest BCUT2D eigenvalue weighted by atomic mass is 16.1. The van der Waals surface area contributed by atoms with Crippen molar-refractivity contribution in [1.82, 2.24) is 9.78 Å². The zero-order valence-corrected chi connectivity index (χ0v) is 8.95. The minimum absolute atomic E-state index is 0.0582. The molecule has 2 rings (SSSR count). The van der Waals surface area contributed by atoms with Crippen molar-refractivity contribution in [2.75, 3.05) is 0 Å². The molecule has 1 saturated carbocycles. The molecule has 14 heavy (non-hydrogen) atoms. The van der Waals surface area contributed by atoms with Gasteiger partial charge in [0, 0.05) is 18.5 Å². The van der Waals surface area contributed by atoms with Crippen LogP contribution in [0, 0.1) is 5.92 Å². The van der Waals surface area contributed by atoms with Crippen molar-refractivity contribution in [2.24, 2.45) is 13.0 Å². The third kappa shape index (κ3) is 1.47. The van der Waals surface area contributed by atoms with E-state index in [0.29, 0.717) is 5.92 Å². The topological polar surface area (TPSA) is 34.9 Å². The zero-order valence-electron chi connectivity index (χ0n) is 8.95. The Labute approximate surface area is 84.1 Å². The molecule has 1 heterocycles. The third-order valence-corrected chi connectivity index (χ3v) is 2.74. The van der Waals surface area contributed by atoms with Gasteiger partial charge < -0.3 is 0 Å². The van der Waals surface area contributed by atoms with Crippen molar-refractivity contribution in [2.45, 2.75) is 32.6 Å². The molecule has 0 amide bonds. The van der Waals surface area contributed by atoms with E-state index in [1.807, 2.05) is 27.1 Å². The Bertz CT molecular complexity index is 361. The predicted molar refractivity (Wildman–Crippen MR) is 54.4 cm³/mol. The monoisotopic (exact) mass is 192 g/mol. The first-order valence-corrected chi connectivity index (χ1v) is 5.17. The summed E-state index contributed by atoms with van der Waals surface area (Å²) in [5.74, 6) is 0.871. The molecule has 1 aliphatic carbocycles. The van der Waals surface area contributed by atoms with Gasteiger partial charge in [-0.05, 0) is 18.8 Å². The second-order valence-electron chi connectivity index (χ2n) is 4.37. The van der Waals surface area contributed by atoms with Crippen LogP contribution < -0.4 is 0 Å². The summed E-state index contributed by atoms with van der Waals surface area (Å²) in [6.07, 6.45) is 4.28. The Hall–Kier alpha value is -1.12. The second kappa shape index (κ2) is 3.23. The van der Waals surface area contributed by atoms with Gasteiger partial charge in [-0.2, -0.15) is 5.10 Å². The number of rotatable bonds is 3. The number of nitrogens with zero attached hydrogens (tertiary/aromatic N) is 2. The second-order valence-corrected chi connectivity index (χ2v) is 4.37. The van der Waals surface area contributed by atoms with Gasteiger partial charge in [0.2, 0.25) is 0 Å². The summed E-state index contributed by atoms with van der Waals surface area (Å²) >= 11 is 0. The van der Waals surface area contributed by atoms with Crippen molar-refractivity contribution in [3.05, 3.63) is 17.5 Å². The van der Waals surface area contributed by atoms with E-state index in [1.54, 1.807) is 4.68 Å². The normalized spacial score (nSPS) is 16.3. The number of hydrogen-bond acceptors (Lipinski definition) is 2. The van der Waals surface area contributed by atoms with Crippen molar-refractivity contribution in [3.63, 3.8) is 0 Å². The molecule has 0 saturated heterocycles. The molecule has 1 aromatic rings. The minimum atomic E-state index is 0.0582.